The highest BCUT2D eigenvalue weighted by atomic mass is 19.1. The van der Waals surface area contributed by atoms with Gasteiger partial charge in [0.25, 0.3) is 0 Å². The zero-order valence-electron chi connectivity index (χ0n) is 8.13. The zero-order valence-corrected chi connectivity index (χ0v) is 8.13. The van der Waals surface area contributed by atoms with Crippen LogP contribution in [0.15, 0.2) is 18.2 Å². The molecule has 0 aromatic heterocycles. The molecule has 1 aromatic carbocycles. The summed E-state index contributed by atoms with van der Waals surface area (Å²) in [6.07, 6.45) is 5.86. The van der Waals surface area contributed by atoms with E-state index in [9.17, 15) is 8.78 Å². The van der Waals surface area contributed by atoms with Crippen molar-refractivity contribution in [2.75, 3.05) is 0 Å². The highest BCUT2D eigenvalue weighted by molar-refractivity contribution is 5.20. The first kappa shape index (κ1) is 11.6. The van der Waals surface area contributed by atoms with Gasteiger partial charge in [0.05, 0.1) is 0 Å². The van der Waals surface area contributed by atoms with Crippen LogP contribution in [0.5, 0.6) is 0 Å². The van der Waals surface area contributed by atoms with Gasteiger partial charge < -0.3 is 0 Å². The third-order valence-corrected chi connectivity index (χ3v) is 2.08. The molecular weight excluding hydrogens is 198 g/mol. The van der Waals surface area contributed by atoms with E-state index in [-0.39, 0.29) is 6.04 Å². The molecule has 80 valence electrons. The van der Waals surface area contributed by atoms with Gasteiger partial charge in [0.2, 0.25) is 0 Å². The SMILES string of the molecule is C#CCC(Cc1ccc(F)cc1F)NN. The van der Waals surface area contributed by atoms with Crippen LogP contribution in [0.25, 0.3) is 0 Å². The lowest BCUT2D eigenvalue weighted by Crippen LogP contribution is -2.36. The lowest BCUT2D eigenvalue weighted by atomic mass is 10.0. The monoisotopic (exact) mass is 210 g/mol. The molecule has 1 unspecified atom stereocenters. The van der Waals surface area contributed by atoms with Gasteiger partial charge >= 0.3 is 0 Å². The van der Waals surface area contributed by atoms with E-state index in [2.05, 4.69) is 11.3 Å². The highest BCUT2D eigenvalue weighted by Gasteiger charge is 2.10. The van der Waals surface area contributed by atoms with E-state index in [1.807, 2.05) is 0 Å². The molecule has 0 aliphatic rings. The molecule has 4 heteroatoms. The van der Waals surface area contributed by atoms with Crippen LogP contribution < -0.4 is 11.3 Å². The Morgan fingerprint density at radius 2 is 2.20 bits per heavy atom. The molecular formula is C11H12F2N2. The van der Waals surface area contributed by atoms with E-state index in [1.165, 1.54) is 12.1 Å². The Morgan fingerprint density at radius 3 is 2.73 bits per heavy atom. The van der Waals surface area contributed by atoms with Crippen LogP contribution in [0.4, 0.5) is 8.78 Å². The van der Waals surface area contributed by atoms with E-state index in [0.29, 0.717) is 18.4 Å². The number of halogens is 2. The van der Waals surface area contributed by atoms with Crippen molar-refractivity contribution in [2.24, 2.45) is 5.84 Å². The summed E-state index contributed by atoms with van der Waals surface area (Å²) in [4.78, 5) is 0. The number of hydrogen-bond acceptors (Lipinski definition) is 2. The molecule has 0 saturated heterocycles. The molecule has 3 N–H and O–H groups in total. The molecule has 2 nitrogen and oxygen atoms in total. The summed E-state index contributed by atoms with van der Waals surface area (Å²) in [5.74, 6) is 6.51. The Bertz CT molecular complexity index is 371. The summed E-state index contributed by atoms with van der Waals surface area (Å²) >= 11 is 0. The third-order valence-electron chi connectivity index (χ3n) is 2.08. The van der Waals surface area contributed by atoms with Gasteiger partial charge in [-0.2, -0.15) is 0 Å². The van der Waals surface area contributed by atoms with Crippen molar-refractivity contribution in [1.82, 2.24) is 5.43 Å². The standard InChI is InChI=1S/C11H12F2N2/c1-2-3-10(15-14)6-8-4-5-9(12)7-11(8)13/h1,4-5,7,10,15H,3,6,14H2. The van der Waals surface area contributed by atoms with E-state index in [0.717, 1.165) is 6.07 Å². The normalized spacial score (nSPS) is 12.1. The summed E-state index contributed by atoms with van der Waals surface area (Å²) in [6.45, 7) is 0. The van der Waals surface area contributed by atoms with E-state index in [1.54, 1.807) is 0 Å². The molecule has 0 radical (unpaired) electrons. The molecule has 1 atom stereocenters. The van der Waals surface area contributed by atoms with Gasteiger partial charge in [-0.3, -0.25) is 11.3 Å². The second-order valence-electron chi connectivity index (χ2n) is 3.21. The molecule has 0 bridgehead atoms. The van der Waals surface area contributed by atoms with Crippen LogP contribution in [0.3, 0.4) is 0 Å². The topological polar surface area (TPSA) is 38.0 Å². The van der Waals surface area contributed by atoms with Crippen LogP contribution in [-0.2, 0) is 6.42 Å². The quantitative estimate of drug-likeness (QED) is 0.447. The van der Waals surface area contributed by atoms with E-state index >= 15 is 0 Å². The predicted octanol–water partition coefficient (Wildman–Crippen LogP) is 1.36. The lowest BCUT2D eigenvalue weighted by molar-refractivity contribution is 0.512. The molecule has 15 heavy (non-hydrogen) atoms. The Kier molecular flexibility index (Phi) is 4.22. The second-order valence-corrected chi connectivity index (χ2v) is 3.21. The number of hydrogen-bond donors (Lipinski definition) is 2. The molecule has 1 rings (SSSR count). The van der Waals surface area contributed by atoms with Crippen molar-refractivity contribution >= 4 is 0 Å². The number of rotatable bonds is 4. The Balaban J connectivity index is 2.75. The van der Waals surface area contributed by atoms with Crippen molar-refractivity contribution in [3.8, 4) is 12.3 Å². The van der Waals surface area contributed by atoms with Gasteiger partial charge in [-0.1, -0.05) is 6.07 Å². The highest BCUT2D eigenvalue weighted by Crippen LogP contribution is 2.12. The first-order valence-electron chi connectivity index (χ1n) is 4.51. The minimum atomic E-state index is -0.592. The molecule has 1 aromatic rings. The summed E-state index contributed by atoms with van der Waals surface area (Å²) in [5, 5.41) is 0. The Hall–Kier alpha value is -1.44. The van der Waals surface area contributed by atoms with Crippen molar-refractivity contribution < 1.29 is 8.78 Å². The smallest absolute Gasteiger partial charge is 0.129 e. The lowest BCUT2D eigenvalue weighted by Gasteiger charge is -2.13. The maximum Gasteiger partial charge on any atom is 0.129 e. The first-order chi connectivity index (χ1) is 7.17. The van der Waals surface area contributed by atoms with Crippen LogP contribution in [0.2, 0.25) is 0 Å². The van der Waals surface area contributed by atoms with Gasteiger partial charge in [0.15, 0.2) is 0 Å². The van der Waals surface area contributed by atoms with Crippen LogP contribution in [-0.4, -0.2) is 6.04 Å². The number of hydrazine groups is 1. The average Bonchev–Trinajstić information content (AvgIpc) is 2.21. The number of benzene rings is 1. The minimum absolute atomic E-state index is 0.199. The molecule has 0 saturated carbocycles. The molecule has 0 aliphatic heterocycles. The van der Waals surface area contributed by atoms with Crippen LogP contribution in [0, 0.1) is 24.0 Å². The van der Waals surface area contributed by atoms with E-state index < -0.39 is 11.6 Å². The van der Waals surface area contributed by atoms with Crippen molar-refractivity contribution in [3.63, 3.8) is 0 Å². The number of nitrogens with two attached hydrogens (primary N) is 1. The predicted molar refractivity (Wildman–Crippen MR) is 54.6 cm³/mol. The summed E-state index contributed by atoms with van der Waals surface area (Å²) in [5.41, 5.74) is 2.89. The van der Waals surface area contributed by atoms with Gasteiger partial charge in [-0.25, -0.2) is 8.78 Å². The van der Waals surface area contributed by atoms with Gasteiger partial charge in [-0.15, -0.1) is 12.3 Å². The molecule has 0 aliphatic carbocycles. The van der Waals surface area contributed by atoms with Gasteiger partial charge in [0, 0.05) is 18.5 Å². The van der Waals surface area contributed by atoms with Crippen molar-refractivity contribution in [1.29, 1.82) is 0 Å². The van der Waals surface area contributed by atoms with Crippen LogP contribution >= 0.6 is 0 Å². The summed E-state index contributed by atoms with van der Waals surface area (Å²) in [6, 6.07) is 3.25. The van der Waals surface area contributed by atoms with Crippen molar-refractivity contribution in [2.45, 2.75) is 18.9 Å². The van der Waals surface area contributed by atoms with Crippen molar-refractivity contribution in [3.05, 3.63) is 35.4 Å². The van der Waals surface area contributed by atoms with Crippen LogP contribution in [0.1, 0.15) is 12.0 Å². The summed E-state index contributed by atoms with van der Waals surface area (Å²) in [7, 11) is 0. The average molecular weight is 210 g/mol. The molecule has 0 amide bonds. The molecule has 0 heterocycles. The van der Waals surface area contributed by atoms with E-state index in [4.69, 9.17) is 12.3 Å². The van der Waals surface area contributed by atoms with Gasteiger partial charge in [-0.05, 0) is 18.1 Å². The zero-order chi connectivity index (χ0) is 11.3. The second kappa shape index (κ2) is 5.44. The largest absolute Gasteiger partial charge is 0.271 e. The number of nitrogens with one attached hydrogen (secondary N) is 1. The maximum atomic E-state index is 13.2. The maximum absolute atomic E-state index is 13.2. The Morgan fingerprint density at radius 1 is 1.47 bits per heavy atom. The number of terminal acetylenes is 1. The molecule has 0 spiro atoms. The third kappa shape index (κ3) is 3.31. The fourth-order valence-electron chi connectivity index (χ4n) is 1.28. The first-order valence-corrected chi connectivity index (χ1v) is 4.51. The molecule has 0 fully saturated rings. The fourth-order valence-corrected chi connectivity index (χ4v) is 1.28. The fraction of sp³-hybridized carbons (Fsp3) is 0.273. The summed E-state index contributed by atoms with van der Waals surface area (Å²) < 4.78 is 25.8. The minimum Gasteiger partial charge on any atom is -0.271 e. The Labute approximate surface area is 87.4 Å². The van der Waals surface area contributed by atoms with Gasteiger partial charge in [0.1, 0.15) is 11.6 Å².